The van der Waals surface area contributed by atoms with Crippen LogP contribution in [-0.4, -0.2) is 6.04 Å². The molecule has 1 unspecified atom stereocenters. The third kappa shape index (κ3) is 2.66. The minimum Gasteiger partial charge on any atom is -0.207 e. The average molecular weight is 247 g/mol. The molecule has 1 aliphatic carbocycles. The molecule has 3 heteroatoms. The Bertz CT molecular complexity index is 462. The molecule has 1 atom stereocenters. The molecule has 0 aromatic heterocycles. The number of halogens is 1. The second kappa shape index (κ2) is 5.42. The molecule has 0 amide bonds. The van der Waals surface area contributed by atoms with Crippen LogP contribution in [0.2, 0.25) is 0 Å². The van der Waals surface area contributed by atoms with Gasteiger partial charge in [0.2, 0.25) is 0 Å². The van der Waals surface area contributed by atoms with Crippen LogP contribution in [0.25, 0.3) is 5.57 Å². The molecule has 0 heterocycles. The Morgan fingerprint density at radius 3 is 2.56 bits per heavy atom. The molecule has 0 fully saturated rings. The van der Waals surface area contributed by atoms with Gasteiger partial charge in [0, 0.05) is 0 Å². The molecule has 1 aliphatic rings. The number of rotatable bonds is 4. The van der Waals surface area contributed by atoms with E-state index in [9.17, 15) is 9.30 Å². The monoisotopic (exact) mass is 247 g/mol. The van der Waals surface area contributed by atoms with Gasteiger partial charge >= 0.3 is 0 Å². The molecule has 0 aliphatic heterocycles. The highest BCUT2D eigenvalue weighted by Crippen LogP contribution is 2.39. The first-order valence-electron chi connectivity index (χ1n) is 6.42. The first-order valence-corrected chi connectivity index (χ1v) is 6.42. The predicted molar refractivity (Wildman–Crippen MR) is 71.6 cm³/mol. The summed E-state index contributed by atoms with van der Waals surface area (Å²) in [4.78, 5) is 10.9. The van der Waals surface area contributed by atoms with Gasteiger partial charge in [-0.2, -0.15) is 4.91 Å². The summed E-state index contributed by atoms with van der Waals surface area (Å²) in [5.41, 5.74) is 3.27. The van der Waals surface area contributed by atoms with E-state index in [2.05, 4.69) is 19.0 Å². The van der Waals surface area contributed by atoms with Gasteiger partial charge in [0.15, 0.2) is 0 Å². The van der Waals surface area contributed by atoms with Crippen molar-refractivity contribution >= 4 is 5.57 Å². The maximum atomic E-state index is 13.0. The van der Waals surface area contributed by atoms with E-state index in [4.69, 9.17) is 0 Å². The highest BCUT2D eigenvalue weighted by Gasteiger charge is 2.27. The standard InChI is InChI=1S/C15H18FNO/c1-10(2)9-12-5-8-14(17-18)15(12)11-3-6-13(16)7-4-11/h3-4,6-7,10,14H,5,8-9H2,1-2H3. The third-order valence-corrected chi connectivity index (χ3v) is 3.37. The van der Waals surface area contributed by atoms with Crippen LogP contribution in [0.3, 0.4) is 0 Å². The van der Waals surface area contributed by atoms with Crippen LogP contribution in [0.1, 0.15) is 38.7 Å². The largest absolute Gasteiger partial charge is 0.207 e. The zero-order valence-corrected chi connectivity index (χ0v) is 10.8. The van der Waals surface area contributed by atoms with Crippen LogP contribution >= 0.6 is 0 Å². The number of nitrogens with zero attached hydrogens (tertiary/aromatic N) is 1. The van der Waals surface area contributed by atoms with Crippen molar-refractivity contribution in [1.82, 2.24) is 0 Å². The maximum Gasteiger partial charge on any atom is 0.123 e. The first-order chi connectivity index (χ1) is 8.61. The van der Waals surface area contributed by atoms with Crippen molar-refractivity contribution in [3.05, 3.63) is 46.1 Å². The zero-order valence-electron chi connectivity index (χ0n) is 10.8. The fourth-order valence-electron chi connectivity index (χ4n) is 2.66. The SMILES string of the molecule is CC(C)CC1=C(c2ccc(F)cc2)C(N=O)CC1. The Kier molecular flexibility index (Phi) is 3.90. The third-order valence-electron chi connectivity index (χ3n) is 3.37. The molecule has 0 saturated heterocycles. The molecule has 1 aromatic carbocycles. The molecule has 0 radical (unpaired) electrons. The van der Waals surface area contributed by atoms with E-state index in [1.807, 2.05) is 0 Å². The van der Waals surface area contributed by atoms with Gasteiger partial charge in [0.1, 0.15) is 11.9 Å². The summed E-state index contributed by atoms with van der Waals surface area (Å²) < 4.78 is 13.0. The van der Waals surface area contributed by atoms with Crippen LogP contribution in [0.4, 0.5) is 4.39 Å². The minimum absolute atomic E-state index is 0.252. The van der Waals surface area contributed by atoms with Crippen LogP contribution in [-0.2, 0) is 0 Å². The van der Waals surface area contributed by atoms with E-state index in [1.54, 1.807) is 12.1 Å². The van der Waals surface area contributed by atoms with E-state index in [0.717, 1.165) is 30.4 Å². The zero-order chi connectivity index (χ0) is 13.1. The van der Waals surface area contributed by atoms with Gasteiger partial charge in [-0.05, 0) is 48.4 Å². The van der Waals surface area contributed by atoms with Gasteiger partial charge in [0.05, 0.1) is 0 Å². The summed E-state index contributed by atoms with van der Waals surface area (Å²) >= 11 is 0. The van der Waals surface area contributed by atoms with E-state index >= 15 is 0 Å². The molecule has 2 rings (SSSR count). The molecule has 1 aromatic rings. The van der Waals surface area contributed by atoms with Crippen molar-refractivity contribution in [3.8, 4) is 0 Å². The van der Waals surface area contributed by atoms with Gasteiger partial charge in [-0.3, -0.25) is 0 Å². The van der Waals surface area contributed by atoms with Crippen LogP contribution < -0.4 is 0 Å². The lowest BCUT2D eigenvalue weighted by Crippen LogP contribution is -2.02. The Hall–Kier alpha value is -1.51. The second-order valence-electron chi connectivity index (χ2n) is 5.28. The van der Waals surface area contributed by atoms with Crippen molar-refractivity contribution in [2.75, 3.05) is 0 Å². The highest BCUT2D eigenvalue weighted by atomic mass is 19.1. The number of benzene rings is 1. The Morgan fingerprint density at radius 2 is 2.00 bits per heavy atom. The summed E-state index contributed by atoms with van der Waals surface area (Å²) in [6.45, 7) is 4.33. The Balaban J connectivity index is 2.39. The maximum absolute atomic E-state index is 13.0. The van der Waals surface area contributed by atoms with Crippen molar-refractivity contribution in [3.63, 3.8) is 0 Å². The number of nitroso groups, excluding NO2 is 1. The first kappa shape index (κ1) is 12.9. The molecular weight excluding hydrogens is 229 g/mol. The highest BCUT2D eigenvalue weighted by molar-refractivity contribution is 5.74. The Morgan fingerprint density at radius 1 is 1.33 bits per heavy atom. The smallest absolute Gasteiger partial charge is 0.123 e. The van der Waals surface area contributed by atoms with Gasteiger partial charge < -0.3 is 0 Å². The minimum atomic E-state index is -0.260. The molecular formula is C15H18FNO. The molecule has 0 N–H and O–H groups in total. The van der Waals surface area contributed by atoms with Crippen LogP contribution in [0, 0.1) is 16.6 Å². The van der Waals surface area contributed by atoms with Crippen molar-refractivity contribution in [2.24, 2.45) is 11.1 Å². The molecule has 0 bridgehead atoms. The molecule has 96 valence electrons. The fourth-order valence-corrected chi connectivity index (χ4v) is 2.66. The van der Waals surface area contributed by atoms with Gasteiger partial charge in [-0.25, -0.2) is 4.39 Å². The summed E-state index contributed by atoms with van der Waals surface area (Å²) in [6.07, 6.45) is 2.71. The number of hydrogen-bond donors (Lipinski definition) is 0. The lowest BCUT2D eigenvalue weighted by atomic mass is 9.94. The van der Waals surface area contributed by atoms with Crippen molar-refractivity contribution < 1.29 is 4.39 Å². The van der Waals surface area contributed by atoms with E-state index in [0.29, 0.717) is 5.92 Å². The molecule has 18 heavy (non-hydrogen) atoms. The van der Waals surface area contributed by atoms with Crippen molar-refractivity contribution in [1.29, 1.82) is 0 Å². The molecule has 0 spiro atoms. The summed E-state index contributed by atoms with van der Waals surface area (Å²) in [6, 6.07) is 6.11. The summed E-state index contributed by atoms with van der Waals surface area (Å²) in [7, 11) is 0. The quantitative estimate of drug-likeness (QED) is 0.717. The number of hydrogen-bond acceptors (Lipinski definition) is 2. The van der Waals surface area contributed by atoms with E-state index in [1.165, 1.54) is 17.7 Å². The predicted octanol–water partition coefficient (Wildman–Crippen LogP) is 4.55. The van der Waals surface area contributed by atoms with E-state index < -0.39 is 0 Å². The normalized spacial score (nSPS) is 19.7. The van der Waals surface area contributed by atoms with Crippen molar-refractivity contribution in [2.45, 2.75) is 39.2 Å². The van der Waals surface area contributed by atoms with Gasteiger partial charge in [0.25, 0.3) is 0 Å². The Labute approximate surface area is 107 Å². The lowest BCUT2D eigenvalue weighted by molar-refractivity contribution is 0.627. The van der Waals surface area contributed by atoms with Gasteiger partial charge in [-0.1, -0.05) is 36.7 Å². The average Bonchev–Trinajstić information content (AvgIpc) is 2.72. The second-order valence-corrected chi connectivity index (χ2v) is 5.28. The summed E-state index contributed by atoms with van der Waals surface area (Å²) in [5.74, 6) is 0.305. The molecule has 2 nitrogen and oxygen atoms in total. The lowest BCUT2D eigenvalue weighted by Gasteiger charge is -2.12. The van der Waals surface area contributed by atoms with Crippen LogP contribution in [0.5, 0.6) is 0 Å². The van der Waals surface area contributed by atoms with Crippen LogP contribution in [0.15, 0.2) is 35.0 Å². The fraction of sp³-hybridized carbons (Fsp3) is 0.467. The van der Waals surface area contributed by atoms with E-state index in [-0.39, 0.29) is 11.9 Å². The molecule has 0 saturated carbocycles. The number of allylic oxidation sites excluding steroid dienone is 1. The van der Waals surface area contributed by atoms with Gasteiger partial charge in [-0.15, -0.1) is 0 Å². The summed E-state index contributed by atoms with van der Waals surface area (Å²) in [5, 5.41) is 3.22. The topological polar surface area (TPSA) is 29.4 Å².